The van der Waals surface area contributed by atoms with E-state index in [0.29, 0.717) is 6.04 Å². The Hall–Kier alpha value is -2.10. The van der Waals surface area contributed by atoms with Gasteiger partial charge >= 0.3 is 0 Å². The number of ether oxygens (including phenoxy) is 1. The van der Waals surface area contributed by atoms with Crippen LogP contribution >= 0.6 is 0 Å². The summed E-state index contributed by atoms with van der Waals surface area (Å²) in [7, 11) is 1.70. The molecule has 0 radical (unpaired) electrons. The zero-order valence-corrected chi connectivity index (χ0v) is 12.1. The summed E-state index contributed by atoms with van der Waals surface area (Å²) in [6, 6.07) is 6.79. The van der Waals surface area contributed by atoms with E-state index >= 15 is 0 Å². The maximum absolute atomic E-state index is 5.36. The third-order valence-corrected chi connectivity index (χ3v) is 3.61. The van der Waals surface area contributed by atoms with E-state index in [1.165, 1.54) is 12.8 Å². The van der Waals surface area contributed by atoms with Crippen molar-refractivity contribution in [3.63, 3.8) is 0 Å². The number of rotatable bonds is 4. The van der Waals surface area contributed by atoms with Gasteiger partial charge in [0.25, 0.3) is 0 Å². The summed E-state index contributed by atoms with van der Waals surface area (Å²) in [5, 5.41) is 3.41. The molecule has 104 valence electrons. The highest BCUT2D eigenvalue weighted by molar-refractivity contribution is 5.68. The maximum Gasteiger partial charge on any atom is 0.130 e. The molecule has 0 atom stereocenters. The fraction of sp³-hybridized carbons (Fsp3) is 0.375. The molecular weight excluding hydrogens is 250 g/mol. The molecule has 4 nitrogen and oxygen atoms in total. The van der Waals surface area contributed by atoms with Crippen LogP contribution in [0.3, 0.4) is 0 Å². The summed E-state index contributed by atoms with van der Waals surface area (Å²) >= 11 is 0. The van der Waals surface area contributed by atoms with Gasteiger partial charge in [0.2, 0.25) is 0 Å². The molecule has 1 aliphatic carbocycles. The second-order valence-corrected chi connectivity index (χ2v) is 5.34. The van der Waals surface area contributed by atoms with Crippen molar-refractivity contribution in [2.24, 2.45) is 0 Å². The number of nitrogens with zero attached hydrogens (tertiary/aromatic N) is 2. The van der Waals surface area contributed by atoms with Crippen LogP contribution in [0, 0.1) is 13.8 Å². The van der Waals surface area contributed by atoms with Crippen molar-refractivity contribution in [1.82, 2.24) is 9.97 Å². The smallest absolute Gasteiger partial charge is 0.130 e. The Morgan fingerprint density at radius 1 is 1.10 bits per heavy atom. The van der Waals surface area contributed by atoms with Gasteiger partial charge in [0, 0.05) is 17.7 Å². The van der Waals surface area contributed by atoms with Crippen LogP contribution < -0.4 is 10.1 Å². The summed E-state index contributed by atoms with van der Waals surface area (Å²) in [6.07, 6.45) is 4.10. The Balaban J connectivity index is 1.97. The van der Waals surface area contributed by atoms with E-state index < -0.39 is 0 Å². The van der Waals surface area contributed by atoms with E-state index in [9.17, 15) is 0 Å². The second-order valence-electron chi connectivity index (χ2n) is 5.34. The first-order chi connectivity index (χ1) is 9.67. The minimum Gasteiger partial charge on any atom is -0.496 e. The Morgan fingerprint density at radius 3 is 2.60 bits per heavy atom. The molecule has 0 saturated heterocycles. The molecule has 1 aromatic heterocycles. The lowest BCUT2D eigenvalue weighted by Crippen LogP contribution is -2.03. The first kappa shape index (κ1) is 12.9. The quantitative estimate of drug-likeness (QED) is 0.924. The average molecular weight is 269 g/mol. The predicted molar refractivity (Wildman–Crippen MR) is 80.1 cm³/mol. The monoisotopic (exact) mass is 269 g/mol. The molecule has 0 spiro atoms. The standard InChI is InChI=1S/C16H19N3O/c1-10-7-15(20-3)11(2)6-13(10)14-8-16(18-9-17-14)19-12-4-5-12/h6-9,12H,4-5H2,1-3H3,(H,17,18,19). The number of aromatic nitrogens is 2. The maximum atomic E-state index is 5.36. The van der Waals surface area contributed by atoms with Crippen molar-refractivity contribution in [1.29, 1.82) is 0 Å². The fourth-order valence-corrected chi connectivity index (χ4v) is 2.31. The largest absolute Gasteiger partial charge is 0.496 e. The molecule has 1 aliphatic rings. The first-order valence-electron chi connectivity index (χ1n) is 6.91. The lowest BCUT2D eigenvalue weighted by atomic mass is 10.0. The van der Waals surface area contributed by atoms with E-state index in [-0.39, 0.29) is 0 Å². The normalized spacial score (nSPS) is 14.2. The molecule has 4 heteroatoms. The number of aryl methyl sites for hydroxylation is 2. The number of hydrogen-bond acceptors (Lipinski definition) is 4. The van der Waals surface area contributed by atoms with E-state index in [0.717, 1.165) is 34.0 Å². The number of benzene rings is 1. The molecule has 0 aliphatic heterocycles. The molecule has 1 fully saturated rings. The predicted octanol–water partition coefficient (Wildman–Crippen LogP) is 3.34. The van der Waals surface area contributed by atoms with Gasteiger partial charge in [-0.1, -0.05) is 0 Å². The van der Waals surface area contributed by atoms with E-state index in [4.69, 9.17) is 4.74 Å². The molecule has 0 bridgehead atoms. The molecule has 1 N–H and O–H groups in total. The van der Waals surface area contributed by atoms with Crippen molar-refractivity contribution >= 4 is 5.82 Å². The highest BCUT2D eigenvalue weighted by Gasteiger charge is 2.21. The van der Waals surface area contributed by atoms with Gasteiger partial charge in [-0.15, -0.1) is 0 Å². The Bertz CT molecular complexity index is 636. The molecule has 1 heterocycles. The average Bonchev–Trinajstić information content (AvgIpc) is 3.25. The van der Waals surface area contributed by atoms with Gasteiger partial charge in [-0.2, -0.15) is 0 Å². The van der Waals surface area contributed by atoms with Crippen LogP contribution in [0.1, 0.15) is 24.0 Å². The third kappa shape index (κ3) is 2.59. The zero-order valence-electron chi connectivity index (χ0n) is 12.1. The number of anilines is 1. The van der Waals surface area contributed by atoms with Crippen molar-refractivity contribution < 1.29 is 4.74 Å². The molecule has 3 rings (SSSR count). The summed E-state index contributed by atoms with van der Waals surface area (Å²) in [5.74, 6) is 1.82. The summed E-state index contributed by atoms with van der Waals surface area (Å²) in [5.41, 5.74) is 4.35. The summed E-state index contributed by atoms with van der Waals surface area (Å²) < 4.78 is 5.36. The Kier molecular flexibility index (Phi) is 3.30. The topological polar surface area (TPSA) is 47.0 Å². The van der Waals surface area contributed by atoms with E-state index in [2.05, 4.69) is 34.3 Å². The van der Waals surface area contributed by atoms with E-state index in [1.54, 1.807) is 13.4 Å². The molecule has 0 unspecified atom stereocenters. The van der Waals surface area contributed by atoms with Gasteiger partial charge < -0.3 is 10.1 Å². The van der Waals surface area contributed by atoms with Crippen molar-refractivity contribution in [2.45, 2.75) is 32.7 Å². The van der Waals surface area contributed by atoms with Crippen LogP contribution in [0.25, 0.3) is 11.3 Å². The highest BCUT2D eigenvalue weighted by Crippen LogP contribution is 2.30. The van der Waals surface area contributed by atoms with Gasteiger partial charge in [-0.05, 0) is 49.9 Å². The molecule has 1 saturated carbocycles. The number of methoxy groups -OCH3 is 1. The van der Waals surface area contributed by atoms with Crippen molar-refractivity contribution in [2.75, 3.05) is 12.4 Å². The summed E-state index contributed by atoms with van der Waals surface area (Å²) in [4.78, 5) is 8.69. The molecule has 1 aromatic carbocycles. The van der Waals surface area contributed by atoms with Crippen LogP contribution in [0.5, 0.6) is 5.75 Å². The van der Waals surface area contributed by atoms with Crippen LogP contribution in [0.4, 0.5) is 5.82 Å². The van der Waals surface area contributed by atoms with Crippen molar-refractivity contribution in [3.8, 4) is 17.0 Å². The minimum absolute atomic E-state index is 0.594. The van der Waals surface area contributed by atoms with Crippen LogP contribution in [-0.2, 0) is 0 Å². The molecule has 2 aromatic rings. The second kappa shape index (κ2) is 5.12. The lowest BCUT2D eigenvalue weighted by molar-refractivity contribution is 0.411. The van der Waals surface area contributed by atoms with Gasteiger partial charge in [0.05, 0.1) is 12.8 Å². The highest BCUT2D eigenvalue weighted by atomic mass is 16.5. The SMILES string of the molecule is COc1cc(C)c(-c2cc(NC3CC3)ncn2)cc1C. The lowest BCUT2D eigenvalue weighted by Gasteiger charge is -2.12. The van der Waals surface area contributed by atoms with Crippen molar-refractivity contribution in [3.05, 3.63) is 35.7 Å². The molecule has 20 heavy (non-hydrogen) atoms. The number of hydrogen-bond donors (Lipinski definition) is 1. The summed E-state index contributed by atoms with van der Waals surface area (Å²) in [6.45, 7) is 4.12. The Morgan fingerprint density at radius 2 is 1.90 bits per heavy atom. The fourth-order valence-electron chi connectivity index (χ4n) is 2.31. The van der Waals surface area contributed by atoms with Crippen LogP contribution in [0.2, 0.25) is 0 Å². The van der Waals surface area contributed by atoms with Crippen LogP contribution in [0.15, 0.2) is 24.5 Å². The molecule has 0 amide bonds. The van der Waals surface area contributed by atoms with Crippen LogP contribution in [-0.4, -0.2) is 23.1 Å². The zero-order chi connectivity index (χ0) is 14.1. The van der Waals surface area contributed by atoms with Gasteiger partial charge in [-0.3, -0.25) is 0 Å². The molecular formula is C16H19N3O. The Labute approximate surface area is 119 Å². The van der Waals surface area contributed by atoms with Gasteiger partial charge in [0.15, 0.2) is 0 Å². The minimum atomic E-state index is 0.594. The van der Waals surface area contributed by atoms with Gasteiger partial charge in [-0.25, -0.2) is 9.97 Å². The third-order valence-electron chi connectivity index (χ3n) is 3.61. The van der Waals surface area contributed by atoms with E-state index in [1.807, 2.05) is 13.0 Å². The van der Waals surface area contributed by atoms with Gasteiger partial charge in [0.1, 0.15) is 17.9 Å². The number of nitrogens with one attached hydrogen (secondary N) is 1. The first-order valence-corrected chi connectivity index (χ1v) is 6.91.